The van der Waals surface area contributed by atoms with E-state index in [2.05, 4.69) is 55.0 Å². The zero-order chi connectivity index (χ0) is 26.6. The van der Waals surface area contributed by atoms with E-state index in [9.17, 15) is 4.79 Å². The number of carbonyl (C=O) groups is 1. The Morgan fingerprint density at radius 2 is 1.74 bits per heavy atom. The number of nitrogens with zero attached hydrogens (tertiary/aromatic N) is 5. The summed E-state index contributed by atoms with van der Waals surface area (Å²) in [6.07, 6.45) is 7.73. The number of rotatable bonds is 7. The maximum Gasteiger partial charge on any atom is 0.236 e. The van der Waals surface area contributed by atoms with E-state index in [1.54, 1.807) is 0 Å². The maximum absolute atomic E-state index is 13.6. The topological polar surface area (TPSA) is 76.1 Å². The van der Waals surface area contributed by atoms with Crippen LogP contribution in [0.4, 0.5) is 0 Å². The van der Waals surface area contributed by atoms with Gasteiger partial charge in [0.15, 0.2) is 0 Å². The number of aromatic nitrogens is 3. The Kier molecular flexibility index (Phi) is 7.28. The Labute approximate surface area is 231 Å². The van der Waals surface area contributed by atoms with Crippen molar-refractivity contribution in [2.75, 3.05) is 26.3 Å². The molecule has 7 nitrogen and oxygen atoms in total. The Balaban J connectivity index is 1.33. The van der Waals surface area contributed by atoms with E-state index in [-0.39, 0.29) is 5.12 Å². The predicted octanol–water partition coefficient (Wildman–Crippen LogP) is 5.59. The van der Waals surface area contributed by atoms with Crippen molar-refractivity contribution in [1.29, 1.82) is 5.26 Å². The summed E-state index contributed by atoms with van der Waals surface area (Å²) in [6.45, 7) is 3.96. The van der Waals surface area contributed by atoms with Gasteiger partial charge < -0.3 is 13.9 Å². The lowest BCUT2D eigenvalue weighted by molar-refractivity contribution is 0.0766. The smallest absolute Gasteiger partial charge is 0.236 e. The number of imidazole rings is 1. The zero-order valence-electron chi connectivity index (χ0n) is 21.4. The molecule has 0 radical (unpaired) electrons. The van der Waals surface area contributed by atoms with Crippen molar-refractivity contribution in [2.45, 2.75) is 13.1 Å². The number of nitriles is 1. The molecule has 0 amide bonds. The monoisotopic (exact) mass is 533 g/mol. The van der Waals surface area contributed by atoms with Crippen LogP contribution in [-0.4, -0.2) is 49.8 Å². The van der Waals surface area contributed by atoms with E-state index in [0.717, 1.165) is 46.2 Å². The molecule has 0 bridgehead atoms. The van der Waals surface area contributed by atoms with Crippen molar-refractivity contribution in [1.82, 2.24) is 18.4 Å². The average Bonchev–Trinajstić information content (AvgIpc) is 3.60. The molecule has 1 aliphatic rings. The summed E-state index contributed by atoms with van der Waals surface area (Å²) in [5.41, 5.74) is 5.43. The minimum Gasteiger partial charge on any atom is -0.379 e. The lowest BCUT2D eigenvalue weighted by atomic mass is 9.98. The Morgan fingerprint density at radius 3 is 2.56 bits per heavy atom. The van der Waals surface area contributed by atoms with Gasteiger partial charge in [0.05, 0.1) is 49.0 Å². The fourth-order valence-corrected chi connectivity index (χ4v) is 5.76. The number of morpholine rings is 1. The van der Waals surface area contributed by atoms with Gasteiger partial charge in [-0.3, -0.25) is 4.79 Å². The molecule has 0 N–H and O–H groups in total. The lowest BCUT2D eigenvalue weighted by Gasteiger charge is -2.24. The normalized spacial score (nSPS) is 13.9. The van der Waals surface area contributed by atoms with Gasteiger partial charge in [-0.25, -0.2) is 9.29 Å². The predicted molar refractivity (Wildman–Crippen MR) is 153 cm³/mol. The molecule has 39 heavy (non-hydrogen) atoms. The van der Waals surface area contributed by atoms with Gasteiger partial charge in [-0.2, -0.15) is 5.26 Å². The summed E-state index contributed by atoms with van der Waals surface area (Å²) in [6, 6.07) is 24.3. The Morgan fingerprint density at radius 1 is 0.949 bits per heavy atom. The second kappa shape index (κ2) is 11.3. The van der Waals surface area contributed by atoms with Crippen LogP contribution in [0.2, 0.25) is 0 Å². The van der Waals surface area contributed by atoms with Gasteiger partial charge in [0.1, 0.15) is 0 Å². The quantitative estimate of drug-likeness (QED) is 0.254. The Bertz CT molecular complexity index is 1650. The van der Waals surface area contributed by atoms with Crippen molar-refractivity contribution in [3.63, 3.8) is 0 Å². The third-order valence-electron chi connectivity index (χ3n) is 6.94. The summed E-state index contributed by atoms with van der Waals surface area (Å²) in [4.78, 5) is 18.0. The molecule has 0 spiro atoms. The third kappa shape index (κ3) is 5.52. The van der Waals surface area contributed by atoms with E-state index in [4.69, 9.17) is 10.00 Å². The second-order valence-electron chi connectivity index (χ2n) is 9.53. The van der Waals surface area contributed by atoms with Crippen LogP contribution in [0.1, 0.15) is 27.2 Å². The number of hydrogen-bond donors (Lipinski definition) is 0. The summed E-state index contributed by atoms with van der Waals surface area (Å²) in [7, 11) is 0. The molecule has 3 heterocycles. The first kappa shape index (κ1) is 25.1. The highest BCUT2D eigenvalue weighted by molar-refractivity contribution is 8.12. The Hall–Kier alpha value is -4.16. The van der Waals surface area contributed by atoms with Crippen molar-refractivity contribution < 1.29 is 9.53 Å². The minimum absolute atomic E-state index is 0.0321. The molecule has 1 saturated heterocycles. The number of fused-ring (bicyclic) bond motifs is 1. The van der Waals surface area contributed by atoms with Gasteiger partial charge in [0, 0.05) is 55.7 Å². The van der Waals surface area contributed by atoms with Gasteiger partial charge in [-0.05, 0) is 34.0 Å². The SMILES string of the molecule is N#Cc1ccc(Cn2cncc2Cn2cc(C(=O)SN3CCOCC3)c(-c3cccc4ccccc34)c2)cc1. The molecule has 0 atom stereocenters. The molecule has 1 fully saturated rings. The lowest BCUT2D eigenvalue weighted by Crippen LogP contribution is -2.32. The zero-order valence-corrected chi connectivity index (χ0v) is 22.2. The molecule has 0 aliphatic carbocycles. The first-order valence-electron chi connectivity index (χ1n) is 12.9. The van der Waals surface area contributed by atoms with E-state index in [1.807, 2.05) is 61.2 Å². The van der Waals surface area contributed by atoms with E-state index < -0.39 is 0 Å². The van der Waals surface area contributed by atoms with Gasteiger partial charge in [-0.15, -0.1) is 0 Å². The summed E-state index contributed by atoms with van der Waals surface area (Å²) in [5, 5.41) is 11.4. The highest BCUT2D eigenvalue weighted by Crippen LogP contribution is 2.34. The third-order valence-corrected chi connectivity index (χ3v) is 7.95. The first-order valence-corrected chi connectivity index (χ1v) is 13.7. The standard InChI is InChI=1S/C31H27N5O2S/c32-16-23-8-10-24(11-9-23)18-35-22-33-17-26(35)19-34-20-29(28-7-3-5-25-4-1-2-6-27(25)28)30(21-34)31(37)39-36-12-14-38-15-13-36/h1-11,17,20-22H,12-15,18-19H2. The van der Waals surface area contributed by atoms with Crippen LogP contribution in [0.5, 0.6) is 0 Å². The molecule has 194 valence electrons. The van der Waals surface area contributed by atoms with Crippen LogP contribution in [0.3, 0.4) is 0 Å². The highest BCUT2D eigenvalue weighted by Gasteiger charge is 2.22. The van der Waals surface area contributed by atoms with Gasteiger partial charge in [-0.1, -0.05) is 54.6 Å². The van der Waals surface area contributed by atoms with E-state index in [0.29, 0.717) is 37.4 Å². The molecule has 2 aromatic heterocycles. The van der Waals surface area contributed by atoms with Crippen LogP contribution in [0.25, 0.3) is 21.9 Å². The van der Waals surface area contributed by atoms with Crippen LogP contribution < -0.4 is 0 Å². The van der Waals surface area contributed by atoms with Crippen molar-refractivity contribution >= 4 is 27.8 Å². The number of hydrogen-bond acceptors (Lipinski definition) is 6. The highest BCUT2D eigenvalue weighted by atomic mass is 32.2. The molecule has 3 aromatic carbocycles. The van der Waals surface area contributed by atoms with Crippen molar-refractivity contribution in [3.8, 4) is 17.2 Å². The minimum atomic E-state index is 0.0321. The molecule has 8 heteroatoms. The van der Waals surface area contributed by atoms with Crippen molar-refractivity contribution in [3.05, 3.63) is 114 Å². The van der Waals surface area contributed by atoms with Gasteiger partial charge >= 0.3 is 0 Å². The molecule has 0 unspecified atom stereocenters. The average molecular weight is 534 g/mol. The van der Waals surface area contributed by atoms with Crippen molar-refractivity contribution in [2.24, 2.45) is 0 Å². The summed E-state index contributed by atoms with van der Waals surface area (Å²) in [5.74, 6) is 0. The summed E-state index contributed by atoms with van der Waals surface area (Å²) >= 11 is 1.28. The number of ether oxygens (including phenoxy) is 1. The van der Waals surface area contributed by atoms with Crippen LogP contribution in [0.15, 0.2) is 91.6 Å². The van der Waals surface area contributed by atoms with E-state index in [1.165, 1.54) is 11.9 Å². The molecule has 5 aromatic rings. The largest absolute Gasteiger partial charge is 0.379 e. The number of carbonyl (C=O) groups excluding carboxylic acids is 1. The first-order chi connectivity index (χ1) is 19.2. The van der Waals surface area contributed by atoms with Crippen LogP contribution in [0, 0.1) is 11.3 Å². The van der Waals surface area contributed by atoms with Gasteiger partial charge in [0.25, 0.3) is 0 Å². The number of benzene rings is 3. The van der Waals surface area contributed by atoms with E-state index >= 15 is 0 Å². The second-order valence-corrected chi connectivity index (χ2v) is 10.6. The molecular weight excluding hydrogens is 506 g/mol. The molecule has 0 saturated carbocycles. The molecule has 6 rings (SSSR count). The summed E-state index contributed by atoms with van der Waals surface area (Å²) < 4.78 is 11.7. The fourth-order valence-electron chi connectivity index (χ4n) is 4.93. The van der Waals surface area contributed by atoms with Crippen LogP contribution in [-0.2, 0) is 17.8 Å². The fraction of sp³-hybridized carbons (Fsp3) is 0.194. The molecular formula is C31H27N5O2S. The molecule has 1 aliphatic heterocycles. The van der Waals surface area contributed by atoms with Crippen LogP contribution >= 0.6 is 11.9 Å². The van der Waals surface area contributed by atoms with Gasteiger partial charge in [0.2, 0.25) is 5.12 Å². The maximum atomic E-state index is 13.6.